The second-order valence-corrected chi connectivity index (χ2v) is 5.58. The zero-order valence-corrected chi connectivity index (χ0v) is 12.4. The summed E-state index contributed by atoms with van der Waals surface area (Å²) in [6.45, 7) is 1.97. The van der Waals surface area contributed by atoms with Crippen LogP contribution in [0.25, 0.3) is 16.6 Å². The van der Waals surface area contributed by atoms with E-state index < -0.39 is 0 Å². The highest BCUT2D eigenvalue weighted by Crippen LogP contribution is 2.29. The molecule has 7 heteroatoms. The fourth-order valence-electron chi connectivity index (χ4n) is 3.05. The number of hydrogen-bond acceptors (Lipinski definition) is 6. The van der Waals surface area contributed by atoms with Crippen molar-refractivity contribution in [2.24, 2.45) is 0 Å². The van der Waals surface area contributed by atoms with Gasteiger partial charge in [0.2, 0.25) is 5.95 Å². The Morgan fingerprint density at radius 1 is 1.36 bits per heavy atom. The van der Waals surface area contributed by atoms with Crippen LogP contribution in [0.3, 0.4) is 0 Å². The number of hydrogen-bond donors (Lipinski definition) is 2. The molecule has 3 aromatic rings. The van der Waals surface area contributed by atoms with Crippen molar-refractivity contribution in [3.05, 3.63) is 24.0 Å². The summed E-state index contributed by atoms with van der Waals surface area (Å²) in [5, 5.41) is 8.87. The van der Waals surface area contributed by atoms with Crippen LogP contribution in [0, 0.1) is 0 Å². The van der Waals surface area contributed by atoms with Crippen LogP contribution >= 0.6 is 0 Å². The van der Waals surface area contributed by atoms with E-state index in [1.807, 2.05) is 18.2 Å². The molecule has 1 aliphatic rings. The highest BCUT2D eigenvalue weighted by molar-refractivity contribution is 5.95. The van der Waals surface area contributed by atoms with Crippen molar-refractivity contribution >= 4 is 22.5 Å². The van der Waals surface area contributed by atoms with Crippen LogP contribution in [-0.4, -0.2) is 39.8 Å². The Labute approximate surface area is 127 Å². The van der Waals surface area contributed by atoms with Crippen molar-refractivity contribution < 1.29 is 4.74 Å². The smallest absolute Gasteiger partial charge is 0.223 e. The second-order valence-electron chi connectivity index (χ2n) is 5.58. The van der Waals surface area contributed by atoms with E-state index in [2.05, 4.69) is 15.4 Å². The normalized spacial score (nSPS) is 18.9. The van der Waals surface area contributed by atoms with Gasteiger partial charge in [0.05, 0.1) is 7.11 Å². The molecular weight excluding hydrogens is 280 g/mol. The van der Waals surface area contributed by atoms with Crippen LogP contribution < -0.4 is 15.8 Å². The second kappa shape index (κ2) is 5.10. The molecule has 0 spiro atoms. The lowest BCUT2D eigenvalue weighted by Crippen LogP contribution is -2.29. The first-order valence-corrected chi connectivity index (χ1v) is 7.47. The number of nitrogens with two attached hydrogens (primary N) is 1. The number of nitrogens with zero attached hydrogens (tertiary/aromatic N) is 4. The number of fused-ring (bicyclic) bond motifs is 3. The van der Waals surface area contributed by atoms with Crippen molar-refractivity contribution in [1.29, 1.82) is 0 Å². The molecule has 22 heavy (non-hydrogen) atoms. The maximum atomic E-state index is 6.07. The zero-order valence-electron chi connectivity index (χ0n) is 12.4. The fourth-order valence-corrected chi connectivity index (χ4v) is 3.05. The van der Waals surface area contributed by atoms with Gasteiger partial charge in [-0.3, -0.25) is 0 Å². The molecule has 1 unspecified atom stereocenters. The molecular formula is C15H18N6O. The van der Waals surface area contributed by atoms with E-state index in [0.717, 1.165) is 48.3 Å². The fraction of sp³-hybridized carbons (Fsp3) is 0.400. The molecule has 4 rings (SSSR count). The first-order chi connectivity index (χ1) is 10.8. The molecule has 3 heterocycles. The summed E-state index contributed by atoms with van der Waals surface area (Å²) in [6, 6.07) is 5.76. The van der Waals surface area contributed by atoms with Crippen LogP contribution in [0.1, 0.15) is 24.6 Å². The molecule has 0 aliphatic carbocycles. The van der Waals surface area contributed by atoms with Crippen molar-refractivity contribution in [1.82, 2.24) is 24.9 Å². The van der Waals surface area contributed by atoms with Crippen LogP contribution in [0.5, 0.6) is 5.75 Å². The maximum Gasteiger partial charge on any atom is 0.223 e. The summed E-state index contributed by atoms with van der Waals surface area (Å²) >= 11 is 0. The van der Waals surface area contributed by atoms with E-state index >= 15 is 0 Å². The number of aromatic nitrogens is 4. The average Bonchev–Trinajstić information content (AvgIpc) is 3.02. The van der Waals surface area contributed by atoms with E-state index in [4.69, 9.17) is 15.5 Å². The molecule has 1 aromatic carbocycles. The van der Waals surface area contributed by atoms with Gasteiger partial charge in [-0.25, -0.2) is 9.97 Å². The van der Waals surface area contributed by atoms with Crippen LogP contribution in [0.2, 0.25) is 0 Å². The number of para-hydroxylation sites is 1. The van der Waals surface area contributed by atoms with Crippen LogP contribution in [-0.2, 0) is 0 Å². The first kappa shape index (κ1) is 13.3. The molecule has 2 aromatic heterocycles. The van der Waals surface area contributed by atoms with Gasteiger partial charge in [-0.15, -0.1) is 5.10 Å². The number of anilines is 1. The molecule has 3 N–H and O–H groups in total. The Balaban J connectivity index is 1.94. The highest BCUT2D eigenvalue weighted by atomic mass is 16.5. The Kier molecular flexibility index (Phi) is 3.07. The largest absolute Gasteiger partial charge is 0.494 e. The predicted octanol–water partition coefficient (Wildman–Crippen LogP) is 1.34. The van der Waals surface area contributed by atoms with Gasteiger partial charge in [0.25, 0.3) is 0 Å². The standard InChI is InChI=1S/C15H18N6O/c1-22-11-6-2-5-10-12(11)18-15(16)21-14(10)19-13(20-21)9-4-3-7-17-8-9/h2,5-6,9,17H,3-4,7-8H2,1H3,(H2,16,18). The molecule has 1 fully saturated rings. The summed E-state index contributed by atoms with van der Waals surface area (Å²) in [7, 11) is 1.62. The SMILES string of the molecule is COc1cccc2c1nc(N)n1nc(C3CCCNC3)nc21. The number of benzene rings is 1. The lowest BCUT2D eigenvalue weighted by molar-refractivity contribution is 0.419. The molecule has 0 saturated carbocycles. The Hall–Kier alpha value is -2.41. The topological polar surface area (TPSA) is 90.4 Å². The number of piperidine rings is 1. The number of nitrogens with one attached hydrogen (secondary N) is 1. The van der Waals surface area contributed by atoms with Gasteiger partial charge >= 0.3 is 0 Å². The minimum absolute atomic E-state index is 0.328. The molecule has 1 atom stereocenters. The third-order valence-electron chi connectivity index (χ3n) is 4.19. The van der Waals surface area contributed by atoms with E-state index in [0.29, 0.717) is 17.6 Å². The summed E-state index contributed by atoms with van der Waals surface area (Å²) in [4.78, 5) is 9.17. The van der Waals surface area contributed by atoms with E-state index in [1.165, 1.54) is 0 Å². The highest BCUT2D eigenvalue weighted by Gasteiger charge is 2.22. The van der Waals surface area contributed by atoms with Crippen LogP contribution in [0.4, 0.5) is 5.95 Å². The summed E-state index contributed by atoms with van der Waals surface area (Å²) in [6.07, 6.45) is 2.24. The summed E-state index contributed by atoms with van der Waals surface area (Å²) in [5.74, 6) is 2.18. The minimum atomic E-state index is 0.328. The number of ether oxygens (including phenoxy) is 1. The quantitative estimate of drug-likeness (QED) is 0.742. The molecule has 7 nitrogen and oxygen atoms in total. The van der Waals surface area contributed by atoms with Crippen molar-refractivity contribution in [2.45, 2.75) is 18.8 Å². The van der Waals surface area contributed by atoms with Gasteiger partial charge in [0.15, 0.2) is 11.5 Å². The van der Waals surface area contributed by atoms with Gasteiger partial charge in [-0.05, 0) is 31.5 Å². The van der Waals surface area contributed by atoms with Crippen molar-refractivity contribution in [2.75, 3.05) is 25.9 Å². The molecule has 0 bridgehead atoms. The molecule has 1 saturated heterocycles. The zero-order chi connectivity index (χ0) is 15.1. The lowest BCUT2D eigenvalue weighted by atomic mass is 9.99. The third-order valence-corrected chi connectivity index (χ3v) is 4.19. The Bertz CT molecular complexity index is 837. The average molecular weight is 298 g/mol. The molecule has 114 valence electrons. The van der Waals surface area contributed by atoms with Gasteiger partial charge in [0.1, 0.15) is 11.3 Å². The predicted molar refractivity (Wildman–Crippen MR) is 84.1 cm³/mol. The third kappa shape index (κ3) is 1.97. The van der Waals surface area contributed by atoms with E-state index in [9.17, 15) is 0 Å². The lowest BCUT2D eigenvalue weighted by Gasteiger charge is -2.19. The van der Waals surface area contributed by atoms with Crippen molar-refractivity contribution in [3.63, 3.8) is 0 Å². The number of methoxy groups -OCH3 is 1. The van der Waals surface area contributed by atoms with Gasteiger partial charge in [0, 0.05) is 17.8 Å². The molecule has 0 amide bonds. The van der Waals surface area contributed by atoms with Gasteiger partial charge in [-0.1, -0.05) is 6.07 Å². The van der Waals surface area contributed by atoms with E-state index in [1.54, 1.807) is 11.6 Å². The Morgan fingerprint density at radius 2 is 2.27 bits per heavy atom. The molecule has 1 aliphatic heterocycles. The minimum Gasteiger partial charge on any atom is -0.494 e. The van der Waals surface area contributed by atoms with Crippen molar-refractivity contribution in [3.8, 4) is 5.75 Å². The van der Waals surface area contributed by atoms with Gasteiger partial charge in [-0.2, -0.15) is 4.52 Å². The molecule has 0 radical (unpaired) electrons. The maximum absolute atomic E-state index is 6.07. The Morgan fingerprint density at radius 3 is 3.05 bits per heavy atom. The first-order valence-electron chi connectivity index (χ1n) is 7.47. The van der Waals surface area contributed by atoms with E-state index in [-0.39, 0.29) is 0 Å². The monoisotopic (exact) mass is 298 g/mol. The number of nitrogen functional groups attached to an aromatic ring is 1. The number of rotatable bonds is 2. The van der Waals surface area contributed by atoms with Crippen LogP contribution in [0.15, 0.2) is 18.2 Å². The van der Waals surface area contributed by atoms with Gasteiger partial charge < -0.3 is 15.8 Å². The summed E-state index contributed by atoms with van der Waals surface area (Å²) in [5.41, 5.74) is 7.52. The summed E-state index contributed by atoms with van der Waals surface area (Å²) < 4.78 is 7.00.